The van der Waals surface area contributed by atoms with Gasteiger partial charge in [-0.25, -0.2) is 0 Å². The maximum absolute atomic E-state index is 12.7. The van der Waals surface area contributed by atoms with Gasteiger partial charge in [-0.2, -0.15) is 0 Å². The van der Waals surface area contributed by atoms with E-state index in [0.717, 1.165) is 0 Å². The lowest BCUT2D eigenvalue weighted by atomic mass is 9.73. The predicted molar refractivity (Wildman–Crippen MR) is 139 cm³/mol. The first kappa shape index (κ1) is 33.4. The molecule has 1 saturated carbocycles. The minimum absolute atomic E-state index is 0.0301. The van der Waals surface area contributed by atoms with E-state index in [2.05, 4.69) is 5.32 Å². The molecule has 17 heteroatoms. The molecule has 0 aromatic carbocycles. The van der Waals surface area contributed by atoms with Gasteiger partial charge in [0, 0.05) is 19.1 Å². The SMILES string of the molecule is NCC[C@H](O)C(=O)N[C@@H]1C[C@H](N)C(O[C@H]2OC(CN)CCC2N)C(O)(CN)[C@H]1O[C@H]1OC(CO)[C@@H](O)[C@H](N)C1O. The van der Waals surface area contributed by atoms with Gasteiger partial charge in [0.1, 0.15) is 42.2 Å². The first-order valence-electron chi connectivity index (χ1n) is 13.6. The van der Waals surface area contributed by atoms with Gasteiger partial charge in [0.05, 0.1) is 30.8 Å². The molecule has 0 radical (unpaired) electrons. The number of nitrogens with one attached hydrogen (secondary N) is 1. The van der Waals surface area contributed by atoms with Gasteiger partial charge < -0.3 is 84.2 Å². The van der Waals surface area contributed by atoms with Gasteiger partial charge in [0.15, 0.2) is 12.6 Å². The van der Waals surface area contributed by atoms with Crippen molar-refractivity contribution in [2.75, 3.05) is 26.2 Å². The number of amides is 1. The molecule has 3 fully saturated rings. The summed E-state index contributed by atoms with van der Waals surface area (Å²) in [6.45, 7) is -0.881. The summed E-state index contributed by atoms with van der Waals surface area (Å²) < 4.78 is 23.6. The highest BCUT2D eigenvalue weighted by Crippen LogP contribution is 2.37. The molecule has 3 rings (SSSR count). The molecular formula is C23H47N7O10. The maximum atomic E-state index is 12.7. The second-order valence-corrected chi connectivity index (χ2v) is 10.8. The third-order valence-electron chi connectivity index (χ3n) is 7.92. The Labute approximate surface area is 232 Å². The Morgan fingerprint density at radius 2 is 1.68 bits per heavy atom. The van der Waals surface area contributed by atoms with Gasteiger partial charge in [0.25, 0.3) is 0 Å². The number of hydrogen-bond donors (Lipinski definition) is 12. The van der Waals surface area contributed by atoms with Gasteiger partial charge in [0.2, 0.25) is 5.91 Å². The second kappa shape index (κ2) is 14.4. The zero-order valence-corrected chi connectivity index (χ0v) is 22.4. The molecule has 2 aliphatic heterocycles. The molecule has 40 heavy (non-hydrogen) atoms. The smallest absolute Gasteiger partial charge is 0.249 e. The van der Waals surface area contributed by atoms with Crippen molar-refractivity contribution in [2.24, 2.45) is 34.4 Å². The van der Waals surface area contributed by atoms with Crippen LogP contribution >= 0.6 is 0 Å². The van der Waals surface area contributed by atoms with E-state index in [9.17, 15) is 30.3 Å². The molecule has 0 spiro atoms. The Hall–Kier alpha value is -1.13. The molecule has 18 N–H and O–H groups in total. The number of hydrogen-bond acceptors (Lipinski definition) is 16. The Morgan fingerprint density at radius 1 is 1.00 bits per heavy atom. The molecule has 0 aromatic heterocycles. The number of aliphatic hydroxyl groups excluding tert-OH is 4. The summed E-state index contributed by atoms with van der Waals surface area (Å²) in [6, 6.07) is -3.85. The summed E-state index contributed by atoms with van der Waals surface area (Å²) in [4.78, 5) is 12.7. The van der Waals surface area contributed by atoms with Crippen LogP contribution in [0.3, 0.4) is 0 Å². The third kappa shape index (κ3) is 7.08. The molecule has 1 amide bonds. The van der Waals surface area contributed by atoms with Gasteiger partial charge in [-0.05, 0) is 32.2 Å². The lowest BCUT2D eigenvalue weighted by Gasteiger charge is -2.53. The third-order valence-corrected chi connectivity index (χ3v) is 7.92. The van der Waals surface area contributed by atoms with E-state index in [-0.39, 0.29) is 32.0 Å². The minimum atomic E-state index is -2.13. The average molecular weight is 582 g/mol. The van der Waals surface area contributed by atoms with Crippen LogP contribution in [0.1, 0.15) is 25.7 Å². The average Bonchev–Trinajstić information content (AvgIpc) is 2.93. The van der Waals surface area contributed by atoms with E-state index < -0.39 is 98.0 Å². The monoisotopic (exact) mass is 581 g/mol. The molecule has 2 saturated heterocycles. The zero-order chi connectivity index (χ0) is 29.8. The Bertz CT molecular complexity index is 818. The molecule has 0 aromatic rings. The van der Waals surface area contributed by atoms with Crippen molar-refractivity contribution in [1.82, 2.24) is 5.32 Å². The molecular weight excluding hydrogens is 534 g/mol. The fraction of sp³-hybridized carbons (Fsp3) is 0.957. The Balaban J connectivity index is 1.93. The van der Waals surface area contributed by atoms with Crippen LogP contribution in [0.5, 0.6) is 0 Å². The second-order valence-electron chi connectivity index (χ2n) is 10.8. The summed E-state index contributed by atoms with van der Waals surface area (Å²) >= 11 is 0. The van der Waals surface area contributed by atoms with E-state index in [1.165, 1.54) is 0 Å². The van der Waals surface area contributed by atoms with Gasteiger partial charge >= 0.3 is 0 Å². The molecule has 2 heterocycles. The number of rotatable bonds is 11. The fourth-order valence-corrected chi connectivity index (χ4v) is 5.48. The molecule has 3 aliphatic rings. The number of ether oxygens (including phenoxy) is 4. The Morgan fingerprint density at radius 3 is 2.27 bits per heavy atom. The van der Waals surface area contributed by atoms with Gasteiger partial charge in [-0.15, -0.1) is 0 Å². The van der Waals surface area contributed by atoms with Crippen molar-refractivity contribution < 1.29 is 49.3 Å². The highest BCUT2D eigenvalue weighted by molar-refractivity contribution is 5.80. The molecule has 6 unspecified atom stereocenters. The van der Waals surface area contributed by atoms with Crippen molar-refractivity contribution in [3.05, 3.63) is 0 Å². The van der Waals surface area contributed by atoms with Crippen LogP contribution in [-0.4, -0.2) is 143 Å². The summed E-state index contributed by atoms with van der Waals surface area (Å²) in [6.07, 6.45) is -10.2. The molecule has 1 aliphatic carbocycles. The topological polar surface area (TPSA) is 323 Å². The summed E-state index contributed by atoms with van der Waals surface area (Å²) in [5, 5.41) is 55.4. The van der Waals surface area contributed by atoms with E-state index in [1.807, 2.05) is 0 Å². The van der Waals surface area contributed by atoms with Crippen LogP contribution in [0, 0.1) is 0 Å². The zero-order valence-electron chi connectivity index (χ0n) is 22.4. The largest absolute Gasteiger partial charge is 0.394 e. The first-order chi connectivity index (χ1) is 18.9. The lowest BCUT2D eigenvalue weighted by Crippen LogP contribution is -2.76. The highest BCUT2D eigenvalue weighted by Gasteiger charge is 2.58. The van der Waals surface area contributed by atoms with Gasteiger partial charge in [-0.1, -0.05) is 0 Å². The number of carbonyl (C=O) groups excluding carboxylic acids is 1. The van der Waals surface area contributed by atoms with Crippen molar-refractivity contribution in [1.29, 1.82) is 0 Å². The molecule has 17 nitrogen and oxygen atoms in total. The van der Waals surface area contributed by atoms with E-state index in [4.69, 9.17) is 53.3 Å². The maximum Gasteiger partial charge on any atom is 0.249 e. The lowest BCUT2D eigenvalue weighted by molar-refractivity contribution is -0.331. The summed E-state index contributed by atoms with van der Waals surface area (Å²) in [5.41, 5.74) is 33.7. The van der Waals surface area contributed by atoms with Crippen molar-refractivity contribution in [2.45, 2.75) is 111 Å². The van der Waals surface area contributed by atoms with Crippen LogP contribution in [0.25, 0.3) is 0 Å². The first-order valence-corrected chi connectivity index (χ1v) is 13.6. The number of carbonyl (C=O) groups is 1. The fourth-order valence-electron chi connectivity index (χ4n) is 5.48. The van der Waals surface area contributed by atoms with E-state index in [1.54, 1.807) is 0 Å². The van der Waals surface area contributed by atoms with Crippen LogP contribution in [0.15, 0.2) is 0 Å². The van der Waals surface area contributed by atoms with Crippen LogP contribution < -0.4 is 39.7 Å². The van der Waals surface area contributed by atoms with Crippen molar-refractivity contribution in [3.63, 3.8) is 0 Å². The normalized spacial score (nSPS) is 45.2. The van der Waals surface area contributed by atoms with Gasteiger partial charge in [-0.3, -0.25) is 4.79 Å². The molecule has 234 valence electrons. The predicted octanol–water partition coefficient (Wildman–Crippen LogP) is -7.07. The standard InChI is InChI=1S/C23H47N7O10/c24-4-3-13(32)20(35)30-12-5-11(28)18(39-21-10(27)2-1-9(6-25)37-21)23(36,8-26)19(12)40-22-17(34)15(29)16(33)14(7-31)38-22/h9-19,21-22,31-34,36H,1-8,24-29H2,(H,30,35)/t9?,10?,11-,12+,13-,14?,15-,16+,17?,18?,19-,21+,22+,23?/m0/s1. The van der Waals surface area contributed by atoms with E-state index in [0.29, 0.717) is 12.8 Å². The number of aliphatic hydroxyl groups is 5. The quantitative estimate of drug-likeness (QED) is 0.108. The van der Waals surface area contributed by atoms with Crippen LogP contribution in [0.2, 0.25) is 0 Å². The molecule has 0 bridgehead atoms. The van der Waals surface area contributed by atoms with Crippen molar-refractivity contribution in [3.8, 4) is 0 Å². The van der Waals surface area contributed by atoms with Crippen LogP contribution in [-0.2, 0) is 23.7 Å². The summed E-state index contributed by atoms with van der Waals surface area (Å²) in [7, 11) is 0. The summed E-state index contributed by atoms with van der Waals surface area (Å²) in [5.74, 6) is -0.802. The van der Waals surface area contributed by atoms with Crippen LogP contribution in [0.4, 0.5) is 0 Å². The van der Waals surface area contributed by atoms with E-state index >= 15 is 0 Å². The minimum Gasteiger partial charge on any atom is -0.394 e. The Kier molecular flexibility index (Phi) is 12.0. The number of nitrogens with two attached hydrogens (primary N) is 6. The van der Waals surface area contributed by atoms with Crippen molar-refractivity contribution >= 4 is 5.91 Å². The highest BCUT2D eigenvalue weighted by atomic mass is 16.7. The molecule has 14 atom stereocenters.